The molecule has 0 saturated carbocycles. The number of rotatable bonds is 4. The molecule has 2 bridgehead atoms. The van der Waals surface area contributed by atoms with E-state index in [1.165, 1.54) is 11.1 Å². The van der Waals surface area contributed by atoms with Crippen molar-refractivity contribution in [2.45, 2.75) is 51.6 Å². The Morgan fingerprint density at radius 1 is 1.19 bits per heavy atom. The average molecular weight is 349 g/mol. The summed E-state index contributed by atoms with van der Waals surface area (Å²) < 4.78 is 0. The van der Waals surface area contributed by atoms with E-state index in [2.05, 4.69) is 36.9 Å². The van der Waals surface area contributed by atoms with E-state index in [9.17, 15) is 9.90 Å². The fourth-order valence-corrected chi connectivity index (χ4v) is 5.12. The molecule has 136 valence electrons. The van der Waals surface area contributed by atoms with Crippen LogP contribution in [-0.4, -0.2) is 34.6 Å². The molecule has 0 radical (unpaired) electrons. The van der Waals surface area contributed by atoms with Gasteiger partial charge in [-0.15, -0.1) is 0 Å². The van der Waals surface area contributed by atoms with Gasteiger partial charge in [-0.2, -0.15) is 0 Å². The Labute approximate surface area is 155 Å². The maximum Gasteiger partial charge on any atom is 0.254 e. The standard InChI is InChI=1S/C23H27NO2/c1-3-23(15-25)14-19-11-12-21(23)24(19)22(26)18-9-6-8-17(13-18)20-10-5-4-7-16(20)2/h4-10,13,19,21,25H,3,11-12,14-15H2,1-2H3/t19-,21+,23-/m0/s1. The average Bonchev–Trinajstić information content (AvgIpc) is 3.24. The fourth-order valence-electron chi connectivity index (χ4n) is 5.12. The van der Waals surface area contributed by atoms with E-state index in [-0.39, 0.29) is 30.0 Å². The Hall–Kier alpha value is -2.13. The van der Waals surface area contributed by atoms with Crippen molar-refractivity contribution in [1.82, 2.24) is 4.90 Å². The first-order valence-electron chi connectivity index (χ1n) is 9.69. The highest BCUT2D eigenvalue weighted by Crippen LogP contribution is 2.51. The second-order valence-electron chi connectivity index (χ2n) is 7.93. The van der Waals surface area contributed by atoms with Gasteiger partial charge in [-0.3, -0.25) is 4.79 Å². The Morgan fingerprint density at radius 3 is 2.69 bits per heavy atom. The molecule has 2 aromatic carbocycles. The zero-order valence-corrected chi connectivity index (χ0v) is 15.6. The lowest BCUT2D eigenvalue weighted by Gasteiger charge is -2.34. The number of carbonyl (C=O) groups excluding carboxylic acids is 1. The number of hydrogen-bond donors (Lipinski definition) is 1. The van der Waals surface area contributed by atoms with Gasteiger partial charge in [0.25, 0.3) is 5.91 Å². The predicted octanol–water partition coefficient (Wildman–Crippen LogP) is 4.43. The largest absolute Gasteiger partial charge is 0.396 e. The summed E-state index contributed by atoms with van der Waals surface area (Å²) in [5, 5.41) is 9.99. The lowest BCUT2D eigenvalue weighted by atomic mass is 9.72. The molecule has 2 fully saturated rings. The van der Waals surface area contributed by atoms with Crippen LogP contribution in [0, 0.1) is 12.3 Å². The van der Waals surface area contributed by atoms with Crippen molar-refractivity contribution in [1.29, 1.82) is 0 Å². The molecule has 4 rings (SSSR count). The topological polar surface area (TPSA) is 40.5 Å². The van der Waals surface area contributed by atoms with Crippen molar-refractivity contribution in [3.05, 3.63) is 59.7 Å². The fraction of sp³-hybridized carbons (Fsp3) is 0.435. The van der Waals surface area contributed by atoms with Gasteiger partial charge in [0.05, 0.1) is 6.61 Å². The van der Waals surface area contributed by atoms with E-state index in [4.69, 9.17) is 0 Å². The van der Waals surface area contributed by atoms with Gasteiger partial charge in [-0.05, 0) is 61.4 Å². The summed E-state index contributed by atoms with van der Waals surface area (Å²) in [6.45, 7) is 4.41. The van der Waals surface area contributed by atoms with Crippen molar-refractivity contribution in [3.8, 4) is 11.1 Å². The first-order chi connectivity index (χ1) is 12.6. The molecule has 0 aromatic heterocycles. The van der Waals surface area contributed by atoms with Gasteiger partial charge in [-0.1, -0.05) is 43.3 Å². The third-order valence-electron chi connectivity index (χ3n) is 6.67. The summed E-state index contributed by atoms with van der Waals surface area (Å²) in [6.07, 6.45) is 3.95. The summed E-state index contributed by atoms with van der Waals surface area (Å²) in [6, 6.07) is 16.7. The predicted molar refractivity (Wildman–Crippen MR) is 104 cm³/mol. The van der Waals surface area contributed by atoms with Crippen molar-refractivity contribution in [2.24, 2.45) is 5.41 Å². The number of fused-ring (bicyclic) bond motifs is 2. The number of hydrogen-bond acceptors (Lipinski definition) is 2. The third-order valence-corrected chi connectivity index (χ3v) is 6.67. The highest BCUT2D eigenvalue weighted by molar-refractivity contribution is 5.96. The van der Waals surface area contributed by atoms with Gasteiger partial charge < -0.3 is 10.0 Å². The second-order valence-corrected chi connectivity index (χ2v) is 7.93. The van der Waals surface area contributed by atoms with E-state index in [0.29, 0.717) is 0 Å². The van der Waals surface area contributed by atoms with Crippen LogP contribution in [0.5, 0.6) is 0 Å². The summed E-state index contributed by atoms with van der Waals surface area (Å²) in [7, 11) is 0. The van der Waals surface area contributed by atoms with E-state index >= 15 is 0 Å². The highest BCUT2D eigenvalue weighted by atomic mass is 16.3. The molecule has 1 N–H and O–H groups in total. The SMILES string of the molecule is CC[C@@]1(CO)C[C@@H]2CC[C@H]1N2C(=O)c1cccc(-c2ccccc2C)c1. The maximum atomic E-state index is 13.3. The molecule has 3 atom stereocenters. The van der Waals surface area contributed by atoms with E-state index < -0.39 is 0 Å². The van der Waals surface area contributed by atoms with E-state index in [1.807, 2.05) is 30.3 Å². The number of aliphatic hydroxyl groups is 1. The molecule has 2 aliphatic rings. The van der Waals surface area contributed by atoms with Crippen LogP contribution in [0.15, 0.2) is 48.5 Å². The molecular formula is C23H27NO2. The van der Waals surface area contributed by atoms with Gasteiger partial charge in [0.2, 0.25) is 0 Å². The van der Waals surface area contributed by atoms with Gasteiger partial charge >= 0.3 is 0 Å². The Bertz CT molecular complexity index is 824. The third kappa shape index (κ3) is 2.57. The molecule has 0 spiro atoms. The van der Waals surface area contributed by atoms with Crippen LogP contribution in [0.1, 0.15) is 48.5 Å². The minimum atomic E-state index is -0.105. The van der Waals surface area contributed by atoms with Crippen LogP contribution in [0.2, 0.25) is 0 Å². The number of benzene rings is 2. The van der Waals surface area contributed by atoms with E-state index in [1.54, 1.807) is 0 Å². The van der Waals surface area contributed by atoms with Crippen LogP contribution in [0.3, 0.4) is 0 Å². The molecule has 1 amide bonds. The first kappa shape index (κ1) is 17.3. The number of aliphatic hydroxyl groups excluding tert-OH is 1. The van der Waals surface area contributed by atoms with Crippen LogP contribution in [0.25, 0.3) is 11.1 Å². The number of carbonyl (C=O) groups is 1. The molecule has 0 unspecified atom stereocenters. The van der Waals surface area contributed by atoms with Gasteiger partial charge in [-0.25, -0.2) is 0 Å². The molecule has 2 aromatic rings. The Balaban J connectivity index is 1.66. The lowest BCUT2D eigenvalue weighted by molar-refractivity contribution is 0.0557. The summed E-state index contributed by atoms with van der Waals surface area (Å²) >= 11 is 0. The molecule has 3 nitrogen and oxygen atoms in total. The maximum absolute atomic E-state index is 13.3. The minimum Gasteiger partial charge on any atom is -0.396 e. The lowest BCUT2D eigenvalue weighted by Crippen LogP contribution is -2.42. The minimum absolute atomic E-state index is 0.105. The van der Waals surface area contributed by atoms with Gasteiger partial charge in [0.1, 0.15) is 0 Å². The normalized spacial score (nSPS) is 27.1. The highest BCUT2D eigenvalue weighted by Gasteiger charge is 2.56. The zero-order chi connectivity index (χ0) is 18.3. The molecule has 26 heavy (non-hydrogen) atoms. The number of aryl methyl sites for hydroxylation is 1. The van der Waals surface area contributed by atoms with Gasteiger partial charge in [0, 0.05) is 23.1 Å². The number of nitrogens with zero attached hydrogens (tertiary/aromatic N) is 1. The monoisotopic (exact) mass is 349 g/mol. The molecule has 3 heteroatoms. The molecule has 2 heterocycles. The van der Waals surface area contributed by atoms with Crippen molar-refractivity contribution < 1.29 is 9.90 Å². The molecular weight excluding hydrogens is 322 g/mol. The Kier molecular flexibility index (Phi) is 4.36. The number of amides is 1. The molecule has 2 saturated heterocycles. The quantitative estimate of drug-likeness (QED) is 0.887. The van der Waals surface area contributed by atoms with Crippen LogP contribution in [0.4, 0.5) is 0 Å². The van der Waals surface area contributed by atoms with Crippen LogP contribution < -0.4 is 0 Å². The van der Waals surface area contributed by atoms with Crippen molar-refractivity contribution in [3.63, 3.8) is 0 Å². The van der Waals surface area contributed by atoms with Gasteiger partial charge in [0.15, 0.2) is 0 Å². The molecule has 2 aliphatic heterocycles. The zero-order valence-electron chi connectivity index (χ0n) is 15.6. The summed E-state index contributed by atoms with van der Waals surface area (Å²) in [5.74, 6) is 0.122. The summed E-state index contributed by atoms with van der Waals surface area (Å²) in [5.41, 5.74) is 4.12. The Morgan fingerprint density at radius 2 is 2.00 bits per heavy atom. The van der Waals surface area contributed by atoms with Crippen LogP contribution >= 0.6 is 0 Å². The van der Waals surface area contributed by atoms with Crippen molar-refractivity contribution in [2.75, 3.05) is 6.61 Å². The smallest absolute Gasteiger partial charge is 0.254 e. The van der Waals surface area contributed by atoms with Crippen molar-refractivity contribution >= 4 is 5.91 Å². The summed E-state index contributed by atoms with van der Waals surface area (Å²) in [4.78, 5) is 15.4. The first-order valence-corrected chi connectivity index (χ1v) is 9.69. The molecule has 0 aliphatic carbocycles. The van der Waals surface area contributed by atoms with E-state index in [0.717, 1.165) is 36.8 Å². The second kappa shape index (κ2) is 6.55. The van der Waals surface area contributed by atoms with Crippen LogP contribution in [-0.2, 0) is 0 Å².